The van der Waals surface area contributed by atoms with E-state index in [1.165, 1.54) is 5.56 Å². The molecule has 0 radical (unpaired) electrons. The minimum absolute atomic E-state index is 0.822. The standard InChI is InChI=1S/C16H14N2/c1-12-15-11-18(2)9-8-14(15)10-16(17-12)13-6-4-3-5-7-13/h3-11H,1H2,2H3. The average Bonchev–Trinajstić information content (AvgIpc) is 2.40. The molecular weight excluding hydrogens is 220 g/mol. The third kappa shape index (κ3) is 1.82. The van der Waals surface area contributed by atoms with Crippen LogP contribution >= 0.6 is 0 Å². The van der Waals surface area contributed by atoms with E-state index in [4.69, 9.17) is 0 Å². The summed E-state index contributed by atoms with van der Waals surface area (Å²) in [5.41, 5.74) is 3.27. The Labute approximate surface area is 106 Å². The quantitative estimate of drug-likeness (QED) is 0.748. The minimum Gasteiger partial charge on any atom is -0.357 e. The van der Waals surface area contributed by atoms with Gasteiger partial charge in [-0.25, -0.2) is 4.98 Å². The molecule has 0 aliphatic carbocycles. The number of hydrogen-bond acceptors (Lipinski definition) is 2. The molecule has 0 N–H and O–H groups in total. The largest absolute Gasteiger partial charge is 0.357 e. The Morgan fingerprint density at radius 3 is 2.72 bits per heavy atom. The molecule has 0 saturated carbocycles. The molecule has 1 aliphatic rings. The van der Waals surface area contributed by atoms with Crippen LogP contribution in [0.3, 0.4) is 0 Å². The van der Waals surface area contributed by atoms with Gasteiger partial charge in [0.2, 0.25) is 0 Å². The van der Waals surface area contributed by atoms with Crippen molar-refractivity contribution >= 4 is 18.9 Å². The second kappa shape index (κ2) is 4.15. The first kappa shape index (κ1) is 10.8. The van der Waals surface area contributed by atoms with Gasteiger partial charge in [-0.3, -0.25) is 0 Å². The van der Waals surface area contributed by atoms with Gasteiger partial charge >= 0.3 is 0 Å². The number of nitrogens with zero attached hydrogens (tertiary/aromatic N) is 2. The van der Waals surface area contributed by atoms with E-state index in [0.717, 1.165) is 21.8 Å². The van der Waals surface area contributed by atoms with Gasteiger partial charge in [0.1, 0.15) is 0 Å². The smallest absolute Gasteiger partial charge is 0.0715 e. The van der Waals surface area contributed by atoms with Gasteiger partial charge in [-0.15, -0.1) is 0 Å². The highest BCUT2D eigenvalue weighted by atomic mass is 15.0. The lowest BCUT2D eigenvalue weighted by molar-refractivity contribution is 0.679. The minimum atomic E-state index is 0.822. The van der Waals surface area contributed by atoms with Crippen LogP contribution < -0.4 is 10.6 Å². The predicted octanol–water partition coefficient (Wildman–Crippen LogP) is 1.81. The lowest BCUT2D eigenvalue weighted by Gasteiger charge is -2.13. The van der Waals surface area contributed by atoms with Crippen molar-refractivity contribution in [1.82, 2.24) is 9.88 Å². The molecule has 0 atom stereocenters. The number of aromatic nitrogens is 1. The Morgan fingerprint density at radius 2 is 1.94 bits per heavy atom. The monoisotopic (exact) mass is 234 g/mol. The van der Waals surface area contributed by atoms with Crippen molar-refractivity contribution < 1.29 is 0 Å². The average molecular weight is 234 g/mol. The topological polar surface area (TPSA) is 16.1 Å². The fourth-order valence-electron chi connectivity index (χ4n) is 2.12. The summed E-state index contributed by atoms with van der Waals surface area (Å²) in [6.07, 6.45) is 6.19. The number of pyridine rings is 1. The van der Waals surface area contributed by atoms with Crippen molar-refractivity contribution in [1.29, 1.82) is 0 Å². The van der Waals surface area contributed by atoms with Crippen LogP contribution in [0.5, 0.6) is 0 Å². The van der Waals surface area contributed by atoms with E-state index in [9.17, 15) is 0 Å². The second-order valence-corrected chi connectivity index (χ2v) is 4.43. The molecule has 0 unspecified atom stereocenters. The highest BCUT2D eigenvalue weighted by molar-refractivity contribution is 5.65. The zero-order chi connectivity index (χ0) is 12.5. The summed E-state index contributed by atoms with van der Waals surface area (Å²) in [6.45, 7) is 4.05. The van der Waals surface area contributed by atoms with Crippen molar-refractivity contribution in [2.75, 3.05) is 7.05 Å². The van der Waals surface area contributed by atoms with Crippen LogP contribution in [0.15, 0.2) is 42.6 Å². The van der Waals surface area contributed by atoms with Crippen LogP contribution in [0.1, 0.15) is 5.56 Å². The van der Waals surface area contributed by atoms with E-state index in [0.29, 0.717) is 0 Å². The van der Waals surface area contributed by atoms with Gasteiger partial charge in [0, 0.05) is 30.2 Å². The maximum Gasteiger partial charge on any atom is 0.0715 e. The maximum atomic E-state index is 4.59. The van der Waals surface area contributed by atoms with E-state index in [2.05, 4.69) is 42.0 Å². The molecule has 2 nitrogen and oxygen atoms in total. The Hall–Kier alpha value is -2.35. The summed E-state index contributed by atoms with van der Waals surface area (Å²) >= 11 is 0. The van der Waals surface area contributed by atoms with Crippen molar-refractivity contribution in [2.45, 2.75) is 0 Å². The molecular formula is C16H14N2. The molecule has 2 aromatic rings. The highest BCUT2D eigenvalue weighted by Gasteiger charge is 2.05. The van der Waals surface area contributed by atoms with E-state index in [1.807, 2.05) is 36.3 Å². The highest BCUT2D eigenvalue weighted by Crippen LogP contribution is 2.16. The first-order valence-electron chi connectivity index (χ1n) is 5.91. The van der Waals surface area contributed by atoms with Crippen molar-refractivity contribution in [2.24, 2.45) is 0 Å². The van der Waals surface area contributed by atoms with Gasteiger partial charge in [-0.1, -0.05) is 36.9 Å². The van der Waals surface area contributed by atoms with Gasteiger partial charge < -0.3 is 4.90 Å². The zero-order valence-corrected chi connectivity index (χ0v) is 10.3. The Bertz CT molecular complexity index is 715. The molecule has 3 rings (SSSR count). The predicted molar refractivity (Wildman–Crippen MR) is 75.7 cm³/mol. The molecule has 0 fully saturated rings. The molecule has 2 heterocycles. The van der Waals surface area contributed by atoms with Gasteiger partial charge in [0.05, 0.1) is 11.0 Å². The van der Waals surface area contributed by atoms with Gasteiger partial charge in [-0.05, 0) is 17.7 Å². The molecule has 0 saturated heterocycles. The number of fused-ring (bicyclic) bond motifs is 1. The Kier molecular flexibility index (Phi) is 2.49. The maximum absolute atomic E-state index is 4.59. The van der Waals surface area contributed by atoms with Gasteiger partial charge in [0.15, 0.2) is 0 Å². The molecule has 2 heteroatoms. The zero-order valence-electron chi connectivity index (χ0n) is 10.3. The van der Waals surface area contributed by atoms with E-state index in [-0.39, 0.29) is 0 Å². The molecule has 1 aromatic heterocycles. The molecule has 1 aromatic carbocycles. The molecule has 18 heavy (non-hydrogen) atoms. The van der Waals surface area contributed by atoms with Gasteiger partial charge in [0.25, 0.3) is 0 Å². The van der Waals surface area contributed by atoms with Crippen molar-refractivity contribution in [3.8, 4) is 11.3 Å². The molecule has 0 spiro atoms. The fourth-order valence-corrected chi connectivity index (χ4v) is 2.12. The van der Waals surface area contributed by atoms with Crippen LogP contribution in [0.4, 0.5) is 0 Å². The summed E-state index contributed by atoms with van der Waals surface area (Å²) in [5.74, 6) is 0. The summed E-state index contributed by atoms with van der Waals surface area (Å²) in [5, 5.41) is 1.92. The van der Waals surface area contributed by atoms with Crippen LogP contribution in [-0.2, 0) is 0 Å². The van der Waals surface area contributed by atoms with E-state index in [1.54, 1.807) is 0 Å². The number of rotatable bonds is 1. The second-order valence-electron chi connectivity index (χ2n) is 4.43. The van der Waals surface area contributed by atoms with Crippen molar-refractivity contribution in [3.63, 3.8) is 0 Å². The third-order valence-electron chi connectivity index (χ3n) is 3.06. The molecule has 88 valence electrons. The van der Waals surface area contributed by atoms with E-state index < -0.39 is 0 Å². The lowest BCUT2D eigenvalue weighted by atomic mass is 10.1. The number of benzene rings is 1. The molecule has 0 amide bonds. The summed E-state index contributed by atoms with van der Waals surface area (Å²) in [6, 6.07) is 12.3. The third-order valence-corrected chi connectivity index (χ3v) is 3.06. The SMILES string of the molecule is C=c1nc(-c2ccccc2)cc2c1=CN(C)C=C2. The summed E-state index contributed by atoms with van der Waals surface area (Å²) < 4.78 is 0. The molecule has 0 bridgehead atoms. The summed E-state index contributed by atoms with van der Waals surface area (Å²) in [7, 11) is 2.00. The van der Waals surface area contributed by atoms with Crippen LogP contribution in [0.25, 0.3) is 30.1 Å². The first-order chi connectivity index (χ1) is 8.74. The lowest BCUT2D eigenvalue weighted by Crippen LogP contribution is -2.33. The summed E-state index contributed by atoms with van der Waals surface area (Å²) in [4.78, 5) is 6.60. The van der Waals surface area contributed by atoms with Crippen LogP contribution in [-0.4, -0.2) is 16.9 Å². The fraction of sp³-hybridized carbons (Fsp3) is 0.0625. The van der Waals surface area contributed by atoms with Crippen molar-refractivity contribution in [3.05, 3.63) is 58.7 Å². The number of hydrogen-bond donors (Lipinski definition) is 0. The van der Waals surface area contributed by atoms with Crippen LogP contribution in [0, 0.1) is 0 Å². The van der Waals surface area contributed by atoms with Gasteiger partial charge in [-0.2, -0.15) is 0 Å². The molecule has 1 aliphatic heterocycles. The Morgan fingerprint density at radius 1 is 1.17 bits per heavy atom. The Balaban J connectivity index is 2.23. The first-order valence-corrected chi connectivity index (χ1v) is 5.91. The van der Waals surface area contributed by atoms with Crippen LogP contribution in [0.2, 0.25) is 0 Å². The van der Waals surface area contributed by atoms with E-state index >= 15 is 0 Å². The normalized spacial score (nSPS) is 13.1.